The number of fused-ring (bicyclic) bond motifs is 6. The molecule has 44 heavy (non-hydrogen) atoms. The first-order valence-corrected chi connectivity index (χ1v) is 14.5. The van der Waals surface area contributed by atoms with Crippen molar-refractivity contribution in [3.63, 3.8) is 0 Å². The smallest absolute Gasteiger partial charge is 0.238 e. The van der Waals surface area contributed by atoms with Crippen LogP contribution in [0.5, 0.6) is 11.5 Å². The average Bonchev–Trinajstić information content (AvgIpc) is 3.55. The second kappa shape index (κ2) is 10.7. The maximum atomic E-state index is 14.9. The van der Waals surface area contributed by atoms with Gasteiger partial charge in [0, 0.05) is 23.0 Å². The quantitative estimate of drug-likeness (QED) is 0.196. The normalized spacial score (nSPS) is 22.5. The minimum Gasteiger partial charge on any atom is -0.497 e. The van der Waals surface area contributed by atoms with E-state index in [0.717, 1.165) is 11.1 Å². The molecular weight excluding hydrogens is 552 g/mol. The SMILES string of the molecule is C=CCOc1ccc(C(=O)[C@@H]2[C@H](C(=O)c3ccc(OC)cc3)N3C=Cc4ccccc4[C@H]3[C@@]23C(=O)Nc2ccccc23)cc1. The van der Waals surface area contributed by atoms with Gasteiger partial charge in [-0.05, 0) is 77.4 Å². The zero-order chi connectivity index (χ0) is 30.4. The molecule has 218 valence electrons. The fourth-order valence-corrected chi connectivity index (χ4v) is 7.14. The molecule has 0 radical (unpaired) electrons. The van der Waals surface area contributed by atoms with E-state index in [-0.39, 0.29) is 17.5 Å². The van der Waals surface area contributed by atoms with Gasteiger partial charge >= 0.3 is 0 Å². The summed E-state index contributed by atoms with van der Waals surface area (Å²) in [4.78, 5) is 46.1. The third kappa shape index (κ3) is 4.00. The highest BCUT2D eigenvalue weighted by Gasteiger charge is 2.70. The van der Waals surface area contributed by atoms with Crippen molar-refractivity contribution >= 4 is 29.2 Å². The number of nitrogens with zero attached hydrogens (tertiary/aromatic N) is 1. The molecule has 0 aliphatic carbocycles. The Morgan fingerprint density at radius 3 is 2.27 bits per heavy atom. The fraction of sp³-hybridized carbons (Fsp3) is 0.162. The second-order valence-electron chi connectivity index (χ2n) is 11.2. The lowest BCUT2D eigenvalue weighted by Crippen LogP contribution is -2.49. The van der Waals surface area contributed by atoms with Crippen LogP contribution in [0.2, 0.25) is 0 Å². The van der Waals surface area contributed by atoms with Crippen LogP contribution in [-0.4, -0.2) is 42.1 Å². The number of hydrogen-bond donors (Lipinski definition) is 1. The van der Waals surface area contributed by atoms with Crippen molar-refractivity contribution < 1.29 is 23.9 Å². The van der Waals surface area contributed by atoms with Crippen LogP contribution in [0.15, 0.2) is 116 Å². The summed E-state index contributed by atoms with van der Waals surface area (Å²) in [6, 6.07) is 27.5. The Labute approximate surface area is 255 Å². The zero-order valence-electron chi connectivity index (χ0n) is 24.1. The first-order valence-electron chi connectivity index (χ1n) is 14.5. The van der Waals surface area contributed by atoms with E-state index in [2.05, 4.69) is 11.9 Å². The number of para-hydroxylation sites is 1. The van der Waals surface area contributed by atoms with Gasteiger partial charge in [-0.1, -0.05) is 55.1 Å². The number of rotatable bonds is 8. The van der Waals surface area contributed by atoms with Gasteiger partial charge in [0.1, 0.15) is 29.6 Å². The summed E-state index contributed by atoms with van der Waals surface area (Å²) in [5.74, 6) is -0.690. The lowest BCUT2D eigenvalue weighted by atomic mass is 9.62. The molecule has 1 spiro atoms. The van der Waals surface area contributed by atoms with Crippen molar-refractivity contribution in [2.45, 2.75) is 17.5 Å². The Morgan fingerprint density at radius 2 is 1.55 bits per heavy atom. The molecule has 7 nitrogen and oxygen atoms in total. The van der Waals surface area contributed by atoms with E-state index in [1.807, 2.05) is 65.7 Å². The number of ketones is 2. The number of methoxy groups -OCH3 is 1. The molecule has 3 aliphatic heterocycles. The van der Waals surface area contributed by atoms with Crippen LogP contribution in [0, 0.1) is 5.92 Å². The Hall–Kier alpha value is -5.43. The highest BCUT2D eigenvalue weighted by molar-refractivity contribution is 6.16. The summed E-state index contributed by atoms with van der Waals surface area (Å²) in [6.07, 6.45) is 5.47. The van der Waals surface area contributed by atoms with Crippen LogP contribution < -0.4 is 14.8 Å². The Bertz CT molecular complexity index is 1830. The molecule has 0 bridgehead atoms. The molecule has 1 N–H and O–H groups in total. The number of Topliss-reactive ketones (excluding diaryl/α,β-unsaturated/α-hetero) is 2. The van der Waals surface area contributed by atoms with Gasteiger partial charge in [0.2, 0.25) is 5.91 Å². The van der Waals surface area contributed by atoms with Gasteiger partial charge in [-0.25, -0.2) is 0 Å². The highest BCUT2D eigenvalue weighted by atomic mass is 16.5. The van der Waals surface area contributed by atoms with Gasteiger partial charge in [0.15, 0.2) is 11.6 Å². The van der Waals surface area contributed by atoms with Crippen molar-refractivity contribution in [2.24, 2.45) is 5.92 Å². The molecule has 4 aromatic carbocycles. The lowest BCUT2D eigenvalue weighted by Gasteiger charge is -2.38. The molecule has 7 heteroatoms. The highest BCUT2D eigenvalue weighted by Crippen LogP contribution is 2.62. The Kier molecular flexibility index (Phi) is 6.66. The largest absolute Gasteiger partial charge is 0.497 e. The number of carbonyl (C=O) groups excluding carboxylic acids is 3. The molecule has 0 unspecified atom stereocenters. The molecule has 3 heterocycles. The van der Waals surface area contributed by atoms with Gasteiger partial charge in [-0.2, -0.15) is 0 Å². The number of anilines is 1. The van der Waals surface area contributed by atoms with Crippen molar-refractivity contribution in [3.8, 4) is 11.5 Å². The summed E-state index contributed by atoms with van der Waals surface area (Å²) in [7, 11) is 1.57. The Morgan fingerprint density at radius 1 is 0.886 bits per heavy atom. The summed E-state index contributed by atoms with van der Waals surface area (Å²) >= 11 is 0. The topological polar surface area (TPSA) is 84.9 Å². The number of nitrogens with one attached hydrogen (secondary N) is 1. The van der Waals surface area contributed by atoms with Crippen LogP contribution in [0.25, 0.3) is 6.08 Å². The molecule has 0 saturated carbocycles. The van der Waals surface area contributed by atoms with E-state index >= 15 is 0 Å². The molecule has 4 atom stereocenters. The summed E-state index contributed by atoms with van der Waals surface area (Å²) in [6.45, 7) is 4.02. The molecule has 0 aromatic heterocycles. The van der Waals surface area contributed by atoms with E-state index < -0.39 is 23.4 Å². The Balaban J connectivity index is 1.46. The van der Waals surface area contributed by atoms with E-state index in [1.54, 1.807) is 61.7 Å². The molecular formula is C37H30N2O5. The van der Waals surface area contributed by atoms with Gasteiger partial charge in [-0.3, -0.25) is 14.4 Å². The minimum absolute atomic E-state index is 0.250. The van der Waals surface area contributed by atoms with Gasteiger partial charge in [0.05, 0.1) is 19.1 Å². The van der Waals surface area contributed by atoms with Crippen LogP contribution in [0.4, 0.5) is 5.69 Å². The van der Waals surface area contributed by atoms with E-state index in [1.165, 1.54) is 0 Å². The molecule has 1 saturated heterocycles. The number of ether oxygens (including phenoxy) is 2. The molecule has 7 rings (SSSR count). The van der Waals surface area contributed by atoms with Gasteiger partial charge in [0.25, 0.3) is 0 Å². The standard InChI is InChI=1S/C37H30N2O5/c1-3-22-44-27-18-14-24(15-19-27)33(40)31-32(34(41)25-12-16-26(43-2)17-13-25)39-21-20-23-8-4-5-9-28(23)35(39)37(31)29-10-6-7-11-30(29)38-36(37)42/h3-21,31-32,35H,1,22H2,2H3,(H,38,42)/t31-,32+,35-,37-/m0/s1. The predicted octanol–water partition coefficient (Wildman–Crippen LogP) is 6.24. The van der Waals surface area contributed by atoms with Crippen molar-refractivity contribution in [1.29, 1.82) is 0 Å². The molecule has 1 fully saturated rings. The van der Waals surface area contributed by atoms with Crippen molar-refractivity contribution in [2.75, 3.05) is 19.0 Å². The lowest BCUT2D eigenvalue weighted by molar-refractivity contribution is -0.122. The average molecular weight is 583 g/mol. The van der Waals surface area contributed by atoms with Crippen LogP contribution in [-0.2, 0) is 10.2 Å². The molecule has 4 aromatic rings. The first kappa shape index (κ1) is 27.4. The van der Waals surface area contributed by atoms with E-state index in [0.29, 0.717) is 40.5 Å². The molecule has 1 amide bonds. The monoisotopic (exact) mass is 582 g/mol. The third-order valence-corrected chi connectivity index (χ3v) is 9.00. The number of amides is 1. The second-order valence-corrected chi connectivity index (χ2v) is 11.2. The summed E-state index contributed by atoms with van der Waals surface area (Å²) in [5.41, 5.74) is 2.61. The maximum absolute atomic E-state index is 14.9. The minimum atomic E-state index is -1.39. The van der Waals surface area contributed by atoms with Gasteiger partial charge in [-0.15, -0.1) is 0 Å². The van der Waals surface area contributed by atoms with E-state index in [9.17, 15) is 14.4 Å². The number of carbonyl (C=O) groups is 3. The van der Waals surface area contributed by atoms with Crippen LogP contribution in [0.1, 0.15) is 43.4 Å². The first-order chi connectivity index (χ1) is 21.5. The van der Waals surface area contributed by atoms with Crippen LogP contribution in [0.3, 0.4) is 0 Å². The maximum Gasteiger partial charge on any atom is 0.238 e. The molecule has 3 aliphatic rings. The number of benzene rings is 4. The summed E-state index contributed by atoms with van der Waals surface area (Å²) < 4.78 is 11.0. The van der Waals surface area contributed by atoms with Crippen LogP contribution >= 0.6 is 0 Å². The van der Waals surface area contributed by atoms with Gasteiger partial charge < -0.3 is 19.7 Å². The van der Waals surface area contributed by atoms with E-state index in [4.69, 9.17) is 9.47 Å². The van der Waals surface area contributed by atoms with Crippen molar-refractivity contribution in [3.05, 3.63) is 144 Å². The third-order valence-electron chi connectivity index (χ3n) is 9.00. The summed E-state index contributed by atoms with van der Waals surface area (Å²) in [5, 5.41) is 3.08. The zero-order valence-corrected chi connectivity index (χ0v) is 24.1. The van der Waals surface area contributed by atoms with Crippen molar-refractivity contribution in [1.82, 2.24) is 4.90 Å². The number of hydrogen-bond acceptors (Lipinski definition) is 6. The predicted molar refractivity (Wildman–Crippen MR) is 168 cm³/mol. The fourth-order valence-electron chi connectivity index (χ4n) is 7.14.